The number of anilines is 1. The van der Waals surface area contributed by atoms with Gasteiger partial charge in [-0.25, -0.2) is 13.9 Å². The normalized spacial score (nSPS) is 29.3. The number of nitrogens with zero attached hydrogens (tertiary/aromatic N) is 2. The van der Waals surface area contributed by atoms with Gasteiger partial charge in [0.2, 0.25) is 0 Å². The molecule has 21 nitrogen and oxygen atoms in total. The van der Waals surface area contributed by atoms with Gasteiger partial charge in [0.05, 0.1) is 37.6 Å². The van der Waals surface area contributed by atoms with E-state index >= 15 is 0 Å². The fourth-order valence-corrected chi connectivity index (χ4v) is 11.3. The van der Waals surface area contributed by atoms with Crippen LogP contribution in [0.3, 0.4) is 0 Å². The molecule has 446 valence electrons. The lowest BCUT2D eigenvalue weighted by Crippen LogP contribution is -2.52. The van der Waals surface area contributed by atoms with E-state index in [1.165, 1.54) is 50.1 Å². The Hall–Kier alpha value is -3.40. The molecule has 23 heteroatoms. The summed E-state index contributed by atoms with van der Waals surface area (Å²) in [7, 11) is -11.3. The fourth-order valence-electron chi connectivity index (χ4n) is 9.22. The quantitative estimate of drug-likeness (QED) is 0.0176. The molecule has 0 spiro atoms. The third kappa shape index (κ3) is 28.8. The van der Waals surface area contributed by atoms with E-state index in [1.54, 1.807) is 0 Å². The Kier molecular flexibility index (Phi) is 34.5. The lowest BCUT2D eigenvalue weighted by molar-refractivity contribution is -0.195. The van der Waals surface area contributed by atoms with Gasteiger partial charge in [-0.1, -0.05) is 146 Å². The van der Waals surface area contributed by atoms with E-state index in [0.717, 1.165) is 75.2 Å². The summed E-state index contributed by atoms with van der Waals surface area (Å²) in [6, 6.07) is 1.26. The van der Waals surface area contributed by atoms with Gasteiger partial charge < -0.3 is 55.3 Å². The number of phosphoric acid groups is 2. The number of aromatic nitrogens is 2. The van der Waals surface area contributed by atoms with Gasteiger partial charge in [-0.15, -0.1) is 0 Å². The Morgan fingerprint density at radius 2 is 1.40 bits per heavy atom. The van der Waals surface area contributed by atoms with Crippen molar-refractivity contribution in [2.75, 3.05) is 25.6 Å². The second kappa shape index (κ2) is 39.1. The van der Waals surface area contributed by atoms with E-state index in [4.69, 9.17) is 29.0 Å². The minimum Gasteiger partial charge on any atom is -0.462 e. The SMILES string of the molecule is CCCCCC/C=C\C/C=C\C/C=C\CCCCCCCCC(=O)OC[C@@H]1COP(=O)(O)OP(=O)(O)OC[C@H]2O[C@@H](n3ccc(N)nc3=O)[C@@H](CCCCCCC(=O)O1)[C@@H](O)C[C@@H](O)[C@H](/C=C\[C@@H](O)CCCCC)[C@H](O)[C@@H]2O. The lowest BCUT2D eigenvalue weighted by Gasteiger charge is -2.41. The van der Waals surface area contributed by atoms with Crippen molar-refractivity contribution in [3.05, 3.63) is 71.4 Å². The second-order valence-corrected chi connectivity index (χ2v) is 23.4. The minimum atomic E-state index is -5.70. The van der Waals surface area contributed by atoms with Crippen molar-refractivity contribution in [1.82, 2.24) is 9.55 Å². The molecule has 2 unspecified atom stereocenters. The summed E-state index contributed by atoms with van der Waals surface area (Å²) >= 11 is 0. The maximum atomic E-state index is 13.4. The molecule has 2 saturated heterocycles. The molecule has 0 amide bonds. The highest BCUT2D eigenvalue weighted by atomic mass is 31.3. The Labute approximate surface area is 461 Å². The Morgan fingerprint density at radius 1 is 0.795 bits per heavy atom. The topological polar surface area (TPSA) is 326 Å². The molecular weight excluding hydrogens is 1050 g/mol. The number of phosphoric ester groups is 2. The molecule has 2 aliphatic rings. The number of hydrogen-bond acceptors (Lipinski definition) is 18. The number of aliphatic hydroxyl groups excluding tert-OH is 5. The van der Waals surface area contributed by atoms with Crippen LogP contribution in [0, 0.1) is 11.8 Å². The number of rotatable bonds is 27. The number of unbranched alkanes of at least 4 members (excludes halogenated alkanes) is 12. The van der Waals surface area contributed by atoms with E-state index in [9.17, 15) is 58.8 Å². The molecule has 12 atom stereocenters. The van der Waals surface area contributed by atoms with Gasteiger partial charge >= 0.3 is 33.3 Å². The Morgan fingerprint density at radius 3 is 2.06 bits per heavy atom. The van der Waals surface area contributed by atoms with Crippen molar-refractivity contribution in [2.45, 2.75) is 230 Å². The van der Waals surface area contributed by atoms with Crippen molar-refractivity contribution < 1.29 is 81.6 Å². The highest BCUT2D eigenvalue weighted by Crippen LogP contribution is 2.60. The van der Waals surface area contributed by atoms with Gasteiger partial charge in [0, 0.05) is 37.3 Å². The zero-order valence-electron chi connectivity index (χ0n) is 46.0. The number of fused-ring (bicyclic) bond motifs is 3. The summed E-state index contributed by atoms with van der Waals surface area (Å²) in [6.45, 7) is 1.54. The molecule has 2 aliphatic heterocycles. The number of aliphatic hydroxyl groups is 5. The van der Waals surface area contributed by atoms with E-state index in [0.29, 0.717) is 44.9 Å². The summed E-state index contributed by atoms with van der Waals surface area (Å²) < 4.78 is 59.2. The number of ether oxygens (including phenoxy) is 3. The first-order valence-electron chi connectivity index (χ1n) is 28.4. The standard InChI is InChI=1S/C55H93N3O18P2/c1-3-5-7-8-9-10-11-12-13-14-15-16-17-18-19-20-21-22-23-28-32-50(62)71-39-43-40-72-77(67,68)76-78(69,70)73-41-48-53(65)52(64)44(35-34-42(59)30-26-6-4-2)46(60)38-47(61)45(31-27-24-25-29-33-51(63)74-43)54(75-48)58-37-36-49(56)57-55(58)66/h10-11,13-14,16-17,34-37,42-48,52-54,59-61,64-65H,3-9,12,15,18-33,38-41H2,1-2H3,(H,67,68)(H,69,70)(H2,56,57,66)/b11-10-,14-13-,17-16-,35-34-/t42-,43+,44-,45-,46+,47-,48+,52-,53+,54+/m0/s1. The highest BCUT2D eigenvalue weighted by Gasteiger charge is 2.45. The average Bonchev–Trinajstić information content (AvgIpc) is 3.39. The van der Waals surface area contributed by atoms with E-state index < -0.39 is 120 Å². The molecule has 9 N–H and O–H groups in total. The molecule has 0 aromatic carbocycles. The maximum absolute atomic E-state index is 13.4. The number of carbonyl (C=O) groups excluding carboxylic acids is 2. The number of esters is 2. The van der Waals surface area contributed by atoms with Gasteiger partial charge in [0.1, 0.15) is 30.9 Å². The smallest absolute Gasteiger partial charge is 0.462 e. The molecule has 0 radical (unpaired) electrons. The lowest BCUT2D eigenvalue weighted by atomic mass is 9.82. The van der Waals surface area contributed by atoms with Crippen LogP contribution >= 0.6 is 15.6 Å². The molecule has 0 aliphatic carbocycles. The van der Waals surface area contributed by atoms with E-state index in [1.807, 2.05) is 6.92 Å². The Balaban J connectivity index is 1.66. The molecule has 2 fully saturated rings. The summed E-state index contributed by atoms with van der Waals surface area (Å²) in [5.74, 6) is -3.99. The van der Waals surface area contributed by atoms with Crippen LogP contribution in [-0.4, -0.2) is 119 Å². The van der Waals surface area contributed by atoms with Crippen molar-refractivity contribution in [3.8, 4) is 0 Å². The Bertz CT molecular complexity index is 2120. The second-order valence-electron chi connectivity index (χ2n) is 20.4. The summed E-state index contributed by atoms with van der Waals surface area (Å²) in [4.78, 5) is 64.3. The monoisotopic (exact) mass is 1150 g/mol. The largest absolute Gasteiger partial charge is 0.481 e. The summed E-state index contributed by atoms with van der Waals surface area (Å²) in [6.07, 6.45) is 22.6. The fraction of sp³-hybridized carbons (Fsp3) is 0.745. The number of nitrogen functional groups attached to an aromatic ring is 1. The van der Waals surface area contributed by atoms with Gasteiger partial charge in [-0.05, 0) is 70.3 Å². The van der Waals surface area contributed by atoms with Crippen LogP contribution in [0.2, 0.25) is 0 Å². The summed E-state index contributed by atoms with van der Waals surface area (Å²) in [5.41, 5.74) is 4.82. The molecule has 3 heterocycles. The summed E-state index contributed by atoms with van der Waals surface area (Å²) in [5, 5.41) is 57.6. The van der Waals surface area contributed by atoms with Crippen LogP contribution in [0.25, 0.3) is 0 Å². The van der Waals surface area contributed by atoms with Crippen molar-refractivity contribution in [1.29, 1.82) is 0 Å². The number of cyclic esters (lactones) is 1. The molecule has 78 heavy (non-hydrogen) atoms. The number of carbonyl (C=O) groups is 2. The molecular formula is C55H93N3O18P2. The highest BCUT2D eigenvalue weighted by molar-refractivity contribution is 7.61. The molecule has 1 aromatic heterocycles. The van der Waals surface area contributed by atoms with Gasteiger partial charge in [0.15, 0.2) is 6.10 Å². The third-order valence-corrected chi connectivity index (χ3v) is 16.3. The first kappa shape index (κ1) is 68.9. The molecule has 1 aromatic rings. The maximum Gasteiger partial charge on any atom is 0.481 e. The number of allylic oxidation sites excluding steroid dienone is 6. The first-order chi connectivity index (χ1) is 37.4. The van der Waals surface area contributed by atoms with Crippen molar-refractivity contribution in [3.63, 3.8) is 0 Å². The zero-order valence-corrected chi connectivity index (χ0v) is 47.8. The van der Waals surface area contributed by atoms with E-state index in [-0.39, 0.29) is 25.1 Å². The predicted molar refractivity (Wildman–Crippen MR) is 295 cm³/mol. The average molecular weight is 1150 g/mol. The van der Waals surface area contributed by atoms with Crippen LogP contribution in [0.15, 0.2) is 65.7 Å². The van der Waals surface area contributed by atoms with Crippen LogP contribution < -0.4 is 11.4 Å². The van der Waals surface area contributed by atoms with Gasteiger partial charge in [-0.3, -0.25) is 23.2 Å². The van der Waals surface area contributed by atoms with Crippen LogP contribution in [0.4, 0.5) is 5.82 Å². The zero-order chi connectivity index (χ0) is 57.2. The molecule has 3 rings (SSSR count). The van der Waals surface area contributed by atoms with Gasteiger partial charge in [0.25, 0.3) is 0 Å². The minimum absolute atomic E-state index is 0.0715. The predicted octanol–water partition coefficient (Wildman–Crippen LogP) is 8.89. The van der Waals surface area contributed by atoms with Crippen LogP contribution in [0.5, 0.6) is 0 Å². The first-order valence-corrected chi connectivity index (χ1v) is 31.4. The van der Waals surface area contributed by atoms with Crippen molar-refractivity contribution >= 4 is 33.4 Å². The van der Waals surface area contributed by atoms with Crippen molar-refractivity contribution in [2.24, 2.45) is 11.8 Å². The molecule has 0 saturated carbocycles. The van der Waals surface area contributed by atoms with E-state index in [2.05, 4.69) is 52.7 Å². The number of hydrogen-bond donors (Lipinski definition) is 8. The third-order valence-electron chi connectivity index (χ3n) is 13.7. The molecule has 2 bridgehead atoms. The number of nitrogens with two attached hydrogens (primary N) is 1. The van der Waals surface area contributed by atoms with Gasteiger partial charge in [-0.2, -0.15) is 9.29 Å². The van der Waals surface area contributed by atoms with Crippen LogP contribution in [0.1, 0.15) is 187 Å². The van der Waals surface area contributed by atoms with Crippen LogP contribution in [-0.2, 0) is 46.3 Å².